The number of hydrogen-bond acceptors (Lipinski definition) is 11. The van der Waals surface area contributed by atoms with Gasteiger partial charge in [0.2, 0.25) is 0 Å². The second-order valence-electron chi connectivity index (χ2n) is 38.3. The van der Waals surface area contributed by atoms with Crippen molar-refractivity contribution < 1.29 is 35.1 Å². The summed E-state index contributed by atoms with van der Waals surface area (Å²) in [6.07, 6.45) is 26.7. The number of phenols is 4. The lowest BCUT2D eigenvalue weighted by Gasteiger charge is -2.22. The van der Waals surface area contributed by atoms with E-state index in [9.17, 15) is 30.0 Å². The van der Waals surface area contributed by atoms with Crippen molar-refractivity contribution in [3.8, 4) is 79.2 Å². The average molecular weight is 1700 g/mol. The Kier molecular flexibility index (Phi) is 27.6. The Morgan fingerprint density at radius 2 is 0.734 bits per heavy atom. The third-order valence-electron chi connectivity index (χ3n) is 24.5. The normalized spacial score (nSPS) is 12.1. The summed E-state index contributed by atoms with van der Waals surface area (Å²) in [5.41, 5.74) is 22.2. The van der Waals surface area contributed by atoms with Crippen molar-refractivity contribution in [3.63, 3.8) is 0 Å². The first kappa shape index (κ1) is 91.0. The summed E-state index contributed by atoms with van der Waals surface area (Å²) in [4.78, 5) is 56.2. The molecule has 16 aromatic rings. The fraction of sp³-hybridized carbons (Fsp3) is 0.301. The maximum absolute atomic E-state index is 12.3. The van der Waals surface area contributed by atoms with Crippen LogP contribution in [0.4, 0.5) is 0 Å². The fourth-order valence-electron chi connectivity index (χ4n) is 16.6. The van der Waals surface area contributed by atoms with Gasteiger partial charge in [0.25, 0.3) is 0 Å². The Bertz CT molecular complexity index is 6730. The molecule has 8 N–H and O–H groups in total. The van der Waals surface area contributed by atoms with Crippen molar-refractivity contribution in [1.82, 2.24) is 39.9 Å². The number of carbonyl (C=O) groups excluding carboxylic acids is 1. The topological polar surface area (TPSA) is 247 Å². The number of aliphatic carboxylic acids is 1. The number of nitrogens with one attached hydrogen (secondary N) is 3. The molecule has 0 spiro atoms. The minimum atomic E-state index is -0.745. The first-order valence-corrected chi connectivity index (χ1v) is 45.5. The van der Waals surface area contributed by atoms with Crippen molar-refractivity contribution in [1.29, 1.82) is 0 Å². The van der Waals surface area contributed by atoms with Crippen LogP contribution in [0, 0.1) is 0 Å². The molecular weight excluding hydrogens is 1580 g/mol. The molecule has 1 aliphatic heterocycles. The van der Waals surface area contributed by atoms with Gasteiger partial charge in [0.1, 0.15) is 29.3 Å². The first-order chi connectivity index (χ1) is 61.3. The molecule has 128 heavy (non-hydrogen) atoms. The molecule has 17 rings (SSSR count). The van der Waals surface area contributed by atoms with Crippen LogP contribution in [0.3, 0.4) is 0 Å². The summed E-state index contributed by atoms with van der Waals surface area (Å²) in [6.45, 7) is 32.2. The number of fused-ring (bicyclic) bond motifs is 17. The third-order valence-corrected chi connectivity index (χ3v) is 24.5. The number of H-pyrrole nitrogens is 3. The average Bonchev–Trinajstić information content (AvgIpc) is 1.18. The van der Waals surface area contributed by atoms with Gasteiger partial charge in [-0.1, -0.05) is 265 Å². The van der Waals surface area contributed by atoms with Crippen LogP contribution in [0.15, 0.2) is 219 Å². The molecule has 0 fully saturated rings. The van der Waals surface area contributed by atoms with Gasteiger partial charge in [0.15, 0.2) is 0 Å². The zero-order valence-corrected chi connectivity index (χ0v) is 76.9. The molecule has 15 heteroatoms. The van der Waals surface area contributed by atoms with Crippen molar-refractivity contribution in [2.45, 2.75) is 222 Å². The number of carboxylic acids is 1. The number of pyridine rings is 4. The number of aromatic amines is 3. The summed E-state index contributed by atoms with van der Waals surface area (Å²) in [5.74, 6) is -0.0985. The van der Waals surface area contributed by atoms with E-state index < -0.39 is 5.97 Å². The fourth-order valence-corrected chi connectivity index (χ4v) is 16.6. The third kappa shape index (κ3) is 20.7. The van der Waals surface area contributed by atoms with Crippen LogP contribution >= 0.6 is 0 Å². The molecule has 0 unspecified atom stereocenters. The van der Waals surface area contributed by atoms with E-state index in [2.05, 4.69) is 215 Å². The summed E-state index contributed by atoms with van der Waals surface area (Å²) in [6, 6.07) is 69.5. The van der Waals surface area contributed by atoms with Gasteiger partial charge < -0.3 is 40.5 Å². The van der Waals surface area contributed by atoms with Gasteiger partial charge in [-0.05, 0) is 208 Å². The molecule has 9 heterocycles. The highest BCUT2D eigenvalue weighted by Gasteiger charge is 2.27. The number of benzene rings is 8. The van der Waals surface area contributed by atoms with E-state index in [1.807, 2.05) is 128 Å². The standard InChI is InChI=1S/C55H56N4O2.C40H38N4O2.C15H22O.C3H6O2/c1-8-9-10-11-12-13-14-33-15-17-34(18-16-33)49-47-27-25-43(56-47)39-29-37(54(2,3)4)31-41(52(39)60)45-23-21-35-19-20-36-22-24-46(59-51(36)50(35)58-45)42-32-38(55(5,6)7)30-40(53(42)61)44-26-28-48(49)57-44;1-39(2,3)25-19-27(31-9-7-17-41-31)37(45)29(21-25)33-15-13-23-11-12-24-14-16-34(44-36(24)35(23)43-33)30-22-26(40(4,5)6)20-28(38(30)46)32-10-8-18-42-32;1-2-3-4-5-6-7-8-14-9-11-15(13-16)12-10-14;1-2-3(4)5/h15-32,56,60-61H,8-14H2,1-7H3;7-22,41-42,45-46H,1-6H3;9-13H,2-8H2,1H3;2H2,1H3,(H,4,5). The van der Waals surface area contributed by atoms with Crippen LogP contribution < -0.4 is 0 Å². The van der Waals surface area contributed by atoms with Crippen LogP contribution in [0.5, 0.6) is 23.0 Å². The number of rotatable bonds is 21. The molecule has 15 nitrogen and oxygen atoms in total. The van der Waals surface area contributed by atoms with Crippen molar-refractivity contribution in [2.24, 2.45) is 0 Å². The zero-order chi connectivity index (χ0) is 90.9. The van der Waals surface area contributed by atoms with E-state index in [0.29, 0.717) is 60.8 Å². The van der Waals surface area contributed by atoms with Crippen LogP contribution in [-0.4, -0.2) is 77.7 Å². The second-order valence-corrected chi connectivity index (χ2v) is 38.3. The van der Waals surface area contributed by atoms with Gasteiger partial charge in [-0.15, -0.1) is 0 Å². The van der Waals surface area contributed by atoms with Crippen molar-refractivity contribution in [2.75, 3.05) is 0 Å². The number of nitrogens with zero attached hydrogens (tertiary/aromatic N) is 5. The lowest BCUT2D eigenvalue weighted by Crippen LogP contribution is -2.11. The summed E-state index contributed by atoms with van der Waals surface area (Å²) in [5, 5.41) is 61.9. The van der Waals surface area contributed by atoms with Crippen molar-refractivity contribution >= 4 is 112 Å². The number of carboxylic acid groups (broad SMARTS) is 1. The van der Waals surface area contributed by atoms with E-state index in [4.69, 9.17) is 30.0 Å². The predicted molar refractivity (Wildman–Crippen MR) is 533 cm³/mol. The Labute approximate surface area is 752 Å². The lowest BCUT2D eigenvalue weighted by molar-refractivity contribution is -0.136. The quantitative estimate of drug-likeness (QED) is 0.0190. The molecule has 0 atom stereocenters. The molecule has 0 radical (unpaired) electrons. The number of aromatic hydroxyl groups is 4. The molecule has 8 aromatic carbocycles. The van der Waals surface area contributed by atoms with Gasteiger partial charge in [0, 0.05) is 118 Å². The molecule has 0 saturated carbocycles. The van der Waals surface area contributed by atoms with Crippen LogP contribution in [-0.2, 0) is 39.3 Å². The van der Waals surface area contributed by atoms with Crippen molar-refractivity contribution in [3.05, 3.63) is 269 Å². The second kappa shape index (κ2) is 38.9. The number of aldehydes is 1. The molecule has 0 saturated heterocycles. The summed E-state index contributed by atoms with van der Waals surface area (Å²) in [7, 11) is 0. The van der Waals surface area contributed by atoms with E-state index >= 15 is 0 Å². The zero-order valence-electron chi connectivity index (χ0n) is 76.9. The Hall–Kier alpha value is -13.3. The Morgan fingerprint density at radius 3 is 1.16 bits per heavy atom. The summed E-state index contributed by atoms with van der Waals surface area (Å²) < 4.78 is 0. The van der Waals surface area contributed by atoms with Crippen LogP contribution in [0.25, 0.3) is 156 Å². The largest absolute Gasteiger partial charge is 0.507 e. The lowest BCUT2D eigenvalue weighted by atomic mass is 9.83. The Morgan fingerprint density at radius 1 is 0.367 bits per heavy atom. The van der Waals surface area contributed by atoms with E-state index in [0.717, 1.165) is 141 Å². The monoisotopic (exact) mass is 1700 g/mol. The Balaban J connectivity index is 0.000000173. The molecule has 656 valence electrons. The van der Waals surface area contributed by atoms with E-state index in [1.165, 1.54) is 88.2 Å². The van der Waals surface area contributed by atoms with Gasteiger partial charge in [-0.2, -0.15) is 0 Å². The predicted octanol–water partition coefficient (Wildman–Crippen LogP) is 29.9. The number of unbranched alkanes of at least 4 members (excludes halogenated alkanes) is 10. The number of phenolic OH excluding ortho intramolecular Hbond substituents is 4. The highest BCUT2D eigenvalue weighted by atomic mass is 16.4. The first-order valence-electron chi connectivity index (χ1n) is 45.5. The SMILES string of the molecule is CC(C)(C)c1cc(-c2ccc3ccc4ccc(-c5cc(C(C)(C)C)cc(-c6ccc[nH]6)c5O)nc4c3n2)c(O)c(-c2ccc[nH]2)c1.CCC(=O)O.CCCCCCCCc1ccc(-c2c3nc(c4cc(C(C)(C)C)cc(c4O)c4ccc5ccc6ccc(nc6c5n4)c4cc(C(C)(C)C)cc(c4O)c4ccc2[nH]4)C=C3)cc1.CCCCCCCCc1ccc(C=O)cc1. The molecular formula is C113H122N8O7. The molecule has 8 aromatic heterocycles. The highest BCUT2D eigenvalue weighted by molar-refractivity contribution is 6.10. The molecule has 12 bridgehead atoms. The van der Waals surface area contributed by atoms with E-state index in [1.54, 1.807) is 6.92 Å². The molecule has 0 amide bonds. The van der Waals surface area contributed by atoms with Crippen LogP contribution in [0.2, 0.25) is 0 Å². The number of hydrogen-bond donors (Lipinski definition) is 8. The van der Waals surface area contributed by atoms with Gasteiger partial charge in [-0.25, -0.2) is 24.9 Å². The highest BCUT2D eigenvalue weighted by Crippen LogP contribution is 2.47. The van der Waals surface area contributed by atoms with E-state index in [-0.39, 0.29) is 51.1 Å². The number of aromatic nitrogens is 8. The van der Waals surface area contributed by atoms with Gasteiger partial charge >= 0.3 is 5.97 Å². The minimum absolute atomic E-state index is 0.134. The smallest absolute Gasteiger partial charge is 0.303 e. The molecule has 0 aliphatic carbocycles. The maximum atomic E-state index is 12.3. The minimum Gasteiger partial charge on any atom is -0.507 e. The maximum Gasteiger partial charge on any atom is 0.303 e. The van der Waals surface area contributed by atoms with Crippen LogP contribution in [0.1, 0.15) is 242 Å². The number of carbonyl (C=O) groups is 2. The van der Waals surface area contributed by atoms with Gasteiger partial charge in [-0.3, -0.25) is 9.59 Å². The molecule has 1 aliphatic rings. The van der Waals surface area contributed by atoms with Gasteiger partial charge in [0.05, 0.1) is 55.9 Å². The summed E-state index contributed by atoms with van der Waals surface area (Å²) >= 11 is 0. The number of aryl methyl sites for hydroxylation is 2.